The topological polar surface area (TPSA) is 104 Å². The third kappa shape index (κ3) is 6.68. The number of fused-ring (bicyclic) bond motifs is 1. The Morgan fingerprint density at radius 3 is 2.76 bits per heavy atom. The van der Waals surface area contributed by atoms with E-state index < -0.39 is 23.9 Å². The van der Waals surface area contributed by atoms with E-state index in [-0.39, 0.29) is 36.0 Å². The van der Waals surface area contributed by atoms with E-state index in [1.807, 2.05) is 0 Å². The van der Waals surface area contributed by atoms with Crippen molar-refractivity contribution in [3.05, 3.63) is 82.7 Å². The molecule has 2 aliphatic heterocycles. The molecule has 1 aliphatic carbocycles. The molecule has 196 valence electrons. The lowest BCUT2D eigenvalue weighted by Gasteiger charge is -2.36. The zero-order chi connectivity index (χ0) is 26.4. The van der Waals surface area contributed by atoms with Gasteiger partial charge in [0, 0.05) is 17.2 Å². The minimum Gasteiger partial charge on any atom is -0.486 e. The lowest BCUT2D eigenvalue weighted by molar-refractivity contribution is -0.116. The molecular formula is C27H29ClFN3O5. The number of benzene rings is 1. The zero-order valence-electron chi connectivity index (χ0n) is 20.2. The van der Waals surface area contributed by atoms with E-state index in [4.69, 9.17) is 21.1 Å². The number of nitrogens with zero attached hydrogens (tertiary/aromatic N) is 2. The molecule has 3 aliphatic rings. The van der Waals surface area contributed by atoms with Crippen LogP contribution in [0.3, 0.4) is 0 Å². The molecule has 0 aromatic heterocycles. The number of hydrogen-bond donors (Lipinski definition) is 3. The summed E-state index contributed by atoms with van der Waals surface area (Å²) >= 11 is 6.10. The SMILES string of the molecule is C=C1\C=C/C(C(=N\O)/C(=O)N[C@H](CN2CCC2)[C@H](O)c2cc(F)c3c(c2)OCCO3)=C\C/C=C\C(Cl)=C/1. The molecule has 0 saturated carbocycles. The fourth-order valence-corrected chi connectivity index (χ4v) is 4.39. The number of carbonyl (C=O) groups excluding carboxylic acids is 1. The normalized spacial score (nSPS) is 24.4. The lowest BCUT2D eigenvalue weighted by Crippen LogP contribution is -2.52. The van der Waals surface area contributed by atoms with E-state index in [0.717, 1.165) is 19.5 Å². The first-order valence-corrected chi connectivity index (χ1v) is 12.4. The molecule has 0 unspecified atom stereocenters. The van der Waals surface area contributed by atoms with Crippen molar-refractivity contribution in [2.45, 2.75) is 25.0 Å². The average molecular weight is 530 g/mol. The van der Waals surface area contributed by atoms with Gasteiger partial charge < -0.3 is 30.0 Å². The monoisotopic (exact) mass is 529 g/mol. The molecule has 1 aromatic carbocycles. The molecule has 2 atom stereocenters. The Bertz CT molecular complexity index is 1200. The van der Waals surface area contributed by atoms with Crippen LogP contribution >= 0.6 is 11.6 Å². The van der Waals surface area contributed by atoms with Crippen molar-refractivity contribution in [1.29, 1.82) is 0 Å². The number of aliphatic hydroxyl groups is 1. The van der Waals surface area contributed by atoms with Crippen molar-refractivity contribution in [2.24, 2.45) is 5.16 Å². The third-order valence-corrected chi connectivity index (χ3v) is 6.44. The van der Waals surface area contributed by atoms with E-state index in [1.54, 1.807) is 36.5 Å². The minimum atomic E-state index is -1.27. The fourth-order valence-electron chi connectivity index (χ4n) is 4.16. The van der Waals surface area contributed by atoms with Crippen LogP contribution in [-0.2, 0) is 4.79 Å². The number of likely N-dealkylation sites (tertiary alicyclic amines) is 1. The lowest BCUT2D eigenvalue weighted by atomic mass is 9.98. The summed E-state index contributed by atoms with van der Waals surface area (Å²) in [7, 11) is 0. The molecule has 2 heterocycles. The van der Waals surface area contributed by atoms with Crippen LogP contribution in [0.4, 0.5) is 4.39 Å². The Balaban J connectivity index is 1.57. The van der Waals surface area contributed by atoms with Gasteiger partial charge in [-0.25, -0.2) is 4.39 Å². The highest BCUT2D eigenvalue weighted by atomic mass is 35.5. The van der Waals surface area contributed by atoms with Crippen molar-refractivity contribution in [1.82, 2.24) is 10.2 Å². The summed E-state index contributed by atoms with van der Waals surface area (Å²) < 4.78 is 25.5. The van der Waals surface area contributed by atoms with Gasteiger partial charge in [0.1, 0.15) is 19.3 Å². The molecule has 0 radical (unpaired) electrons. The third-order valence-electron chi connectivity index (χ3n) is 6.20. The van der Waals surface area contributed by atoms with Crippen molar-refractivity contribution in [3.63, 3.8) is 0 Å². The van der Waals surface area contributed by atoms with Crippen LogP contribution in [0.1, 0.15) is 24.5 Å². The molecule has 1 aromatic rings. The van der Waals surface area contributed by atoms with Gasteiger partial charge in [0.15, 0.2) is 23.0 Å². The molecule has 1 saturated heterocycles. The number of oxime groups is 1. The quantitative estimate of drug-likeness (QED) is 0.282. The number of halogens is 2. The number of aliphatic hydroxyl groups excluding tert-OH is 1. The highest BCUT2D eigenvalue weighted by molar-refractivity contribution is 6.46. The van der Waals surface area contributed by atoms with E-state index in [2.05, 4.69) is 22.0 Å². The molecule has 37 heavy (non-hydrogen) atoms. The van der Waals surface area contributed by atoms with Crippen LogP contribution in [0, 0.1) is 5.82 Å². The molecule has 1 fully saturated rings. The number of hydrogen-bond acceptors (Lipinski definition) is 7. The summed E-state index contributed by atoms with van der Waals surface area (Å²) in [6.45, 7) is 6.34. The van der Waals surface area contributed by atoms with Gasteiger partial charge in [-0.1, -0.05) is 47.6 Å². The second-order valence-electron chi connectivity index (χ2n) is 8.89. The maximum Gasteiger partial charge on any atom is 0.274 e. The molecule has 8 nitrogen and oxygen atoms in total. The van der Waals surface area contributed by atoms with E-state index in [0.29, 0.717) is 29.1 Å². The first-order chi connectivity index (χ1) is 17.9. The van der Waals surface area contributed by atoms with E-state index in [1.165, 1.54) is 12.1 Å². The Morgan fingerprint density at radius 2 is 2.03 bits per heavy atom. The predicted octanol–water partition coefficient (Wildman–Crippen LogP) is 3.77. The maximum absolute atomic E-state index is 14.7. The zero-order valence-corrected chi connectivity index (χ0v) is 21.0. The average Bonchev–Trinajstić information content (AvgIpc) is 2.85. The van der Waals surface area contributed by atoms with Crippen LogP contribution in [0.15, 0.2) is 76.5 Å². The molecule has 0 bridgehead atoms. The summed E-state index contributed by atoms with van der Waals surface area (Å²) in [6, 6.07) is 1.87. The van der Waals surface area contributed by atoms with Gasteiger partial charge in [-0.2, -0.15) is 0 Å². The number of rotatable bonds is 7. The molecule has 1 amide bonds. The Hall–Kier alpha value is -3.40. The number of nitrogens with one attached hydrogen (secondary N) is 1. The molecule has 0 spiro atoms. The van der Waals surface area contributed by atoms with Gasteiger partial charge in [0.2, 0.25) is 0 Å². The predicted molar refractivity (Wildman–Crippen MR) is 139 cm³/mol. The van der Waals surface area contributed by atoms with Gasteiger partial charge >= 0.3 is 0 Å². The second kappa shape index (κ2) is 12.2. The molecule has 10 heteroatoms. The van der Waals surface area contributed by atoms with E-state index >= 15 is 0 Å². The van der Waals surface area contributed by atoms with Gasteiger partial charge in [-0.3, -0.25) is 4.79 Å². The van der Waals surface area contributed by atoms with Crippen LogP contribution in [0.25, 0.3) is 0 Å². The molecular weight excluding hydrogens is 501 g/mol. The summed E-state index contributed by atoms with van der Waals surface area (Å²) in [5.41, 5.74) is 0.951. The standard InChI is InChI=1S/C27H29ClFN3O5/c1-17-7-8-18(5-2-3-6-20(28)13-17)24(31-35)27(34)30-22(16-32-9-4-10-32)25(33)19-14-21(29)26-23(15-19)36-11-12-37-26/h3,5-8,13-15,22,25,33,35H,1-2,4,9-12,16H2,(H,30,34)/b6-3-,8-7-,18-5+,20-13+,31-24+/t22-,25-/m1/s1. The second-order valence-corrected chi connectivity index (χ2v) is 9.33. The highest BCUT2D eigenvalue weighted by Crippen LogP contribution is 2.36. The minimum absolute atomic E-state index is 0.00160. The van der Waals surface area contributed by atoms with Crippen LogP contribution < -0.4 is 14.8 Å². The largest absolute Gasteiger partial charge is 0.486 e. The number of amides is 1. The Labute approximate surface area is 219 Å². The smallest absolute Gasteiger partial charge is 0.274 e. The summed E-state index contributed by atoms with van der Waals surface area (Å²) in [6.07, 6.45) is 10.3. The summed E-state index contributed by atoms with van der Waals surface area (Å²) in [5, 5.41) is 27.5. The van der Waals surface area contributed by atoms with Gasteiger partial charge in [0.05, 0.1) is 6.04 Å². The molecule has 4 rings (SSSR count). The van der Waals surface area contributed by atoms with Crippen molar-refractivity contribution in [3.8, 4) is 11.5 Å². The Morgan fingerprint density at radius 1 is 1.24 bits per heavy atom. The first-order valence-electron chi connectivity index (χ1n) is 12.0. The van der Waals surface area contributed by atoms with Crippen molar-refractivity contribution < 1.29 is 29.0 Å². The highest BCUT2D eigenvalue weighted by Gasteiger charge is 2.31. The fraction of sp³-hybridized carbons (Fsp3) is 0.333. The van der Waals surface area contributed by atoms with E-state index in [9.17, 15) is 19.5 Å². The summed E-state index contributed by atoms with van der Waals surface area (Å²) in [4.78, 5) is 15.4. The van der Waals surface area contributed by atoms with Gasteiger partial charge in [-0.05, 0) is 61.4 Å². The summed E-state index contributed by atoms with van der Waals surface area (Å²) in [5.74, 6) is -1.15. The van der Waals surface area contributed by atoms with Crippen molar-refractivity contribution >= 4 is 23.2 Å². The number of carbonyl (C=O) groups is 1. The molecule has 3 N–H and O–H groups in total. The number of ether oxygens (including phenoxy) is 2. The first kappa shape index (κ1) is 26.7. The maximum atomic E-state index is 14.7. The van der Waals surface area contributed by atoms with Crippen LogP contribution in [-0.4, -0.2) is 65.7 Å². The van der Waals surface area contributed by atoms with Gasteiger partial charge in [0.25, 0.3) is 5.91 Å². The number of allylic oxidation sites excluding steroid dienone is 8. The van der Waals surface area contributed by atoms with Crippen LogP contribution in [0.2, 0.25) is 0 Å². The van der Waals surface area contributed by atoms with Gasteiger partial charge in [-0.15, -0.1) is 0 Å². The van der Waals surface area contributed by atoms with Crippen LogP contribution in [0.5, 0.6) is 11.5 Å². The Kier molecular flexibility index (Phi) is 8.81. The van der Waals surface area contributed by atoms with Crippen molar-refractivity contribution in [2.75, 3.05) is 32.8 Å².